The number of carbonyl (C=O) groups is 2. The molecular formula is C16H14Cl2N2O3. The van der Waals surface area contributed by atoms with Gasteiger partial charge >= 0.3 is 5.97 Å². The van der Waals surface area contributed by atoms with Crippen molar-refractivity contribution in [2.45, 2.75) is 0 Å². The van der Waals surface area contributed by atoms with Gasteiger partial charge in [0, 0.05) is 5.69 Å². The van der Waals surface area contributed by atoms with Crippen molar-refractivity contribution in [3.05, 3.63) is 58.1 Å². The first kappa shape index (κ1) is 17.1. The molecule has 2 aromatic carbocycles. The summed E-state index contributed by atoms with van der Waals surface area (Å²) in [6.07, 6.45) is 0. The molecule has 2 rings (SSSR count). The van der Waals surface area contributed by atoms with Crippen LogP contribution in [0.1, 0.15) is 10.4 Å². The van der Waals surface area contributed by atoms with E-state index in [1.54, 1.807) is 36.4 Å². The van der Waals surface area contributed by atoms with Gasteiger partial charge in [0.1, 0.15) is 0 Å². The number of nitrogens with one attached hydrogen (secondary N) is 2. The first-order valence-electron chi connectivity index (χ1n) is 6.67. The van der Waals surface area contributed by atoms with Crippen LogP contribution in [0, 0.1) is 0 Å². The first-order chi connectivity index (χ1) is 11.0. The quantitative estimate of drug-likeness (QED) is 0.802. The van der Waals surface area contributed by atoms with Crippen LogP contribution in [0.5, 0.6) is 0 Å². The molecule has 0 aliphatic rings. The Hall–Kier alpha value is -2.24. The van der Waals surface area contributed by atoms with E-state index in [2.05, 4.69) is 15.4 Å². The molecule has 0 aliphatic heterocycles. The second kappa shape index (κ2) is 7.85. The van der Waals surface area contributed by atoms with E-state index >= 15 is 0 Å². The van der Waals surface area contributed by atoms with Crippen molar-refractivity contribution in [2.24, 2.45) is 0 Å². The lowest BCUT2D eigenvalue weighted by molar-refractivity contribution is -0.114. The van der Waals surface area contributed by atoms with Crippen LogP contribution in [0.2, 0.25) is 10.0 Å². The second-order valence-electron chi connectivity index (χ2n) is 4.58. The van der Waals surface area contributed by atoms with E-state index in [4.69, 9.17) is 23.2 Å². The third-order valence-corrected chi connectivity index (χ3v) is 3.78. The van der Waals surface area contributed by atoms with Crippen molar-refractivity contribution in [3.63, 3.8) is 0 Å². The molecule has 0 spiro atoms. The number of ether oxygens (including phenoxy) is 1. The molecule has 5 nitrogen and oxygen atoms in total. The lowest BCUT2D eigenvalue weighted by Crippen LogP contribution is -2.22. The minimum atomic E-state index is -0.468. The summed E-state index contributed by atoms with van der Waals surface area (Å²) in [6.45, 7) is 0.00249. The van der Waals surface area contributed by atoms with E-state index in [9.17, 15) is 9.59 Å². The van der Waals surface area contributed by atoms with Crippen molar-refractivity contribution < 1.29 is 14.3 Å². The molecular weight excluding hydrogens is 339 g/mol. The van der Waals surface area contributed by atoms with Crippen LogP contribution in [-0.4, -0.2) is 25.5 Å². The highest BCUT2D eigenvalue weighted by molar-refractivity contribution is 6.43. The molecule has 120 valence electrons. The zero-order valence-corrected chi connectivity index (χ0v) is 13.7. The lowest BCUT2D eigenvalue weighted by atomic mass is 10.2. The van der Waals surface area contributed by atoms with Crippen LogP contribution in [0.25, 0.3) is 0 Å². The predicted molar refractivity (Wildman–Crippen MR) is 91.4 cm³/mol. The Kier molecular flexibility index (Phi) is 5.84. The van der Waals surface area contributed by atoms with Gasteiger partial charge in [0.15, 0.2) is 0 Å². The average molecular weight is 353 g/mol. The summed E-state index contributed by atoms with van der Waals surface area (Å²) in [5.41, 5.74) is 1.42. The van der Waals surface area contributed by atoms with Crippen molar-refractivity contribution >= 4 is 46.5 Å². The maximum atomic E-state index is 12.0. The van der Waals surface area contributed by atoms with Crippen LogP contribution in [0.3, 0.4) is 0 Å². The molecule has 0 saturated heterocycles. The van der Waals surface area contributed by atoms with E-state index in [1.807, 2.05) is 0 Å². The van der Waals surface area contributed by atoms with Gasteiger partial charge in [-0.15, -0.1) is 0 Å². The van der Waals surface area contributed by atoms with E-state index in [1.165, 1.54) is 13.2 Å². The number of amides is 1. The molecule has 0 bridgehead atoms. The topological polar surface area (TPSA) is 67.4 Å². The number of anilines is 2. The van der Waals surface area contributed by atoms with Crippen LogP contribution >= 0.6 is 23.2 Å². The Bertz CT molecular complexity index is 735. The highest BCUT2D eigenvalue weighted by Gasteiger charge is 2.09. The van der Waals surface area contributed by atoms with Crippen LogP contribution in [0.4, 0.5) is 11.4 Å². The van der Waals surface area contributed by atoms with Gasteiger partial charge in [-0.1, -0.05) is 35.3 Å². The maximum Gasteiger partial charge on any atom is 0.337 e. The summed E-state index contributed by atoms with van der Waals surface area (Å²) in [6, 6.07) is 11.6. The molecule has 1 amide bonds. The summed E-state index contributed by atoms with van der Waals surface area (Å²) < 4.78 is 4.63. The number of methoxy groups -OCH3 is 1. The minimum Gasteiger partial charge on any atom is -0.465 e. The Labute approximate surface area is 143 Å². The Balaban J connectivity index is 1.97. The number of hydrogen-bond acceptors (Lipinski definition) is 4. The molecule has 0 heterocycles. The average Bonchev–Trinajstić information content (AvgIpc) is 2.55. The smallest absolute Gasteiger partial charge is 0.337 e. The van der Waals surface area contributed by atoms with Gasteiger partial charge in [0.25, 0.3) is 0 Å². The fourth-order valence-corrected chi connectivity index (χ4v) is 2.23. The van der Waals surface area contributed by atoms with Gasteiger partial charge in [-0.25, -0.2) is 4.79 Å². The molecule has 0 radical (unpaired) electrons. The summed E-state index contributed by atoms with van der Waals surface area (Å²) in [5.74, 6) is -0.756. The van der Waals surface area contributed by atoms with Gasteiger partial charge in [0.2, 0.25) is 5.91 Å². The third kappa shape index (κ3) is 4.61. The first-order valence-corrected chi connectivity index (χ1v) is 7.43. The summed E-state index contributed by atoms with van der Waals surface area (Å²) >= 11 is 11.9. The van der Waals surface area contributed by atoms with Gasteiger partial charge < -0.3 is 15.4 Å². The fourth-order valence-electron chi connectivity index (χ4n) is 1.86. The standard InChI is InChI=1S/C16H14Cl2N2O3/c1-23-16(22)10-4-2-5-11(8-10)20-14(21)9-19-13-7-3-6-12(17)15(13)18/h2-8,19H,9H2,1H3,(H,20,21). The molecule has 7 heteroatoms. The summed E-state index contributed by atoms with van der Waals surface area (Å²) in [7, 11) is 1.30. The zero-order valence-electron chi connectivity index (χ0n) is 12.2. The Morgan fingerprint density at radius 2 is 1.87 bits per heavy atom. The SMILES string of the molecule is COC(=O)c1cccc(NC(=O)CNc2cccc(Cl)c2Cl)c1. The number of carbonyl (C=O) groups excluding carboxylic acids is 2. The van der Waals surface area contributed by atoms with Gasteiger partial charge in [-0.3, -0.25) is 4.79 Å². The number of rotatable bonds is 5. The molecule has 0 unspecified atom stereocenters. The predicted octanol–water partition coefficient (Wildman–Crippen LogP) is 3.83. The molecule has 0 aromatic heterocycles. The van der Waals surface area contributed by atoms with Crippen molar-refractivity contribution in [1.82, 2.24) is 0 Å². The van der Waals surface area contributed by atoms with Gasteiger partial charge in [-0.05, 0) is 30.3 Å². The largest absolute Gasteiger partial charge is 0.465 e. The number of hydrogen-bond donors (Lipinski definition) is 2. The van der Waals surface area contributed by atoms with Crippen LogP contribution in [0.15, 0.2) is 42.5 Å². The highest BCUT2D eigenvalue weighted by Crippen LogP contribution is 2.29. The maximum absolute atomic E-state index is 12.0. The van der Waals surface area contributed by atoms with E-state index in [0.717, 1.165) is 0 Å². The molecule has 0 atom stereocenters. The van der Waals surface area contributed by atoms with Crippen LogP contribution in [-0.2, 0) is 9.53 Å². The van der Waals surface area contributed by atoms with Crippen molar-refractivity contribution in [3.8, 4) is 0 Å². The molecule has 0 fully saturated rings. The second-order valence-corrected chi connectivity index (χ2v) is 5.36. The Morgan fingerprint density at radius 1 is 1.13 bits per heavy atom. The number of halogens is 2. The van der Waals surface area contributed by atoms with Gasteiger partial charge in [-0.2, -0.15) is 0 Å². The number of benzene rings is 2. The zero-order chi connectivity index (χ0) is 16.8. The van der Waals surface area contributed by atoms with Crippen LogP contribution < -0.4 is 10.6 Å². The normalized spacial score (nSPS) is 10.0. The molecule has 0 saturated carbocycles. The lowest BCUT2D eigenvalue weighted by Gasteiger charge is -2.10. The monoisotopic (exact) mass is 352 g/mol. The third-order valence-electron chi connectivity index (χ3n) is 2.96. The van der Waals surface area contributed by atoms with E-state index in [-0.39, 0.29) is 12.5 Å². The highest BCUT2D eigenvalue weighted by atomic mass is 35.5. The molecule has 2 N–H and O–H groups in total. The number of esters is 1. The molecule has 0 aliphatic carbocycles. The summed E-state index contributed by atoms with van der Waals surface area (Å²) in [5, 5.41) is 6.34. The minimum absolute atomic E-state index is 0.00249. The van der Waals surface area contributed by atoms with E-state index in [0.29, 0.717) is 27.0 Å². The Morgan fingerprint density at radius 3 is 2.61 bits per heavy atom. The van der Waals surface area contributed by atoms with Gasteiger partial charge in [0.05, 0.1) is 35.0 Å². The molecule has 2 aromatic rings. The van der Waals surface area contributed by atoms with E-state index < -0.39 is 5.97 Å². The molecule has 23 heavy (non-hydrogen) atoms. The van der Waals surface area contributed by atoms with Crippen molar-refractivity contribution in [1.29, 1.82) is 0 Å². The summed E-state index contributed by atoms with van der Waals surface area (Å²) in [4.78, 5) is 23.4. The fraction of sp³-hybridized carbons (Fsp3) is 0.125. The van der Waals surface area contributed by atoms with Crippen molar-refractivity contribution in [2.75, 3.05) is 24.3 Å².